The third kappa shape index (κ3) is 12.0. The van der Waals surface area contributed by atoms with Gasteiger partial charge in [-0.25, -0.2) is 5.01 Å². The Bertz CT molecular complexity index is 432. The van der Waals surface area contributed by atoms with Crippen molar-refractivity contribution in [2.75, 3.05) is 5.01 Å². The molecule has 2 rings (SSSR count). The van der Waals surface area contributed by atoms with Crippen molar-refractivity contribution in [1.29, 1.82) is 0 Å². The summed E-state index contributed by atoms with van der Waals surface area (Å²) in [7, 11) is 0. The summed E-state index contributed by atoms with van der Waals surface area (Å²) in [4.78, 5) is 11.5. The zero-order chi connectivity index (χ0) is 10.1. The number of carbonyl (C=O) groups excluding carboxylic acids is 1. The van der Waals surface area contributed by atoms with Crippen LogP contribution in [0, 0.1) is 0 Å². The molecule has 1 amide bonds. The molecule has 0 saturated carbocycles. The minimum absolute atomic E-state index is 0. The number of hydrogen-bond acceptors (Lipinski definition) is 2. The van der Waals surface area contributed by atoms with Crippen LogP contribution in [0.25, 0.3) is 0 Å². The summed E-state index contributed by atoms with van der Waals surface area (Å²) in [6, 6.07) is 7.54. The second kappa shape index (κ2) is 19.2. The van der Waals surface area contributed by atoms with Crippen LogP contribution in [0.2, 0.25) is 0 Å². The molecule has 3 nitrogen and oxygen atoms in total. The van der Waals surface area contributed by atoms with Crippen molar-refractivity contribution in [1.82, 2.24) is 0 Å². The summed E-state index contributed by atoms with van der Waals surface area (Å²) in [6.07, 6.45) is 0.423. The first kappa shape index (κ1) is 36.4. The van der Waals surface area contributed by atoms with Crippen molar-refractivity contribution in [2.45, 2.75) is 13.3 Å². The van der Waals surface area contributed by atoms with Crippen molar-refractivity contribution in [3.8, 4) is 0 Å². The number of nitrogens with zero attached hydrogens (tertiary/aromatic N) is 2. The number of halogens is 1. The standard InChI is InChI=1S/C10H9BrN2O.6Y/c1-7-5-10(14)13(12-7)9-4-2-3-8(11)6-9;;;;;;/h2-4,6H,5H2,1H3;;;;;;. The molecule has 0 aliphatic carbocycles. The second-order valence-corrected chi connectivity index (χ2v) is 4.11. The molecule has 0 unspecified atom stereocenters. The summed E-state index contributed by atoms with van der Waals surface area (Å²) >= 11 is 3.36. The van der Waals surface area contributed by atoms with Crippen molar-refractivity contribution < 1.29 is 201 Å². The molecule has 0 fully saturated rings. The first-order chi connectivity index (χ1) is 6.66. The minimum Gasteiger partial charge on any atom is -0.272 e. The normalized spacial score (nSPS) is 11.2. The van der Waals surface area contributed by atoms with Gasteiger partial charge in [-0.2, -0.15) is 5.10 Å². The number of rotatable bonds is 1. The Kier molecular flexibility index (Phi) is 35.0. The Morgan fingerprint density at radius 2 is 1.65 bits per heavy atom. The van der Waals surface area contributed by atoms with E-state index in [9.17, 15) is 4.79 Å². The van der Waals surface area contributed by atoms with Gasteiger partial charge in [0, 0.05) is 206 Å². The van der Waals surface area contributed by atoms with Crippen LogP contribution in [0.4, 0.5) is 5.69 Å². The molecule has 0 saturated heterocycles. The summed E-state index contributed by atoms with van der Waals surface area (Å²) in [6.45, 7) is 1.86. The maximum atomic E-state index is 11.5. The van der Waals surface area contributed by atoms with E-state index in [1.165, 1.54) is 5.01 Å². The van der Waals surface area contributed by atoms with E-state index >= 15 is 0 Å². The first-order valence-corrected chi connectivity index (χ1v) is 5.09. The molecule has 0 atom stereocenters. The number of hydrazone groups is 1. The first-order valence-electron chi connectivity index (χ1n) is 4.29. The van der Waals surface area contributed by atoms with E-state index in [4.69, 9.17) is 0 Å². The molecule has 1 aliphatic rings. The molecular weight excluding hydrogens is 777 g/mol. The Hall–Kier alpha value is 5.46. The molecule has 20 heavy (non-hydrogen) atoms. The molecule has 1 aliphatic heterocycles. The molecular formula is C10H9BrN2OY6. The number of benzene rings is 1. The van der Waals surface area contributed by atoms with Crippen LogP contribution in [0.3, 0.4) is 0 Å². The van der Waals surface area contributed by atoms with Gasteiger partial charge in [-0.15, -0.1) is 0 Å². The van der Waals surface area contributed by atoms with Crippen molar-refractivity contribution >= 4 is 33.2 Å². The molecule has 1 heterocycles. The van der Waals surface area contributed by atoms with E-state index in [1.54, 1.807) is 0 Å². The van der Waals surface area contributed by atoms with E-state index < -0.39 is 0 Å². The van der Waals surface area contributed by atoms with Crippen LogP contribution in [0.5, 0.6) is 0 Å². The average molecular weight is 787 g/mol. The maximum absolute atomic E-state index is 11.5. The van der Waals surface area contributed by atoms with E-state index in [0.29, 0.717) is 6.42 Å². The fourth-order valence-corrected chi connectivity index (χ4v) is 1.75. The number of hydrogen-bond donors (Lipinski definition) is 0. The van der Waals surface area contributed by atoms with Crippen molar-refractivity contribution in [2.24, 2.45) is 5.10 Å². The monoisotopic (exact) mass is 785 g/mol. The summed E-state index contributed by atoms with van der Waals surface area (Å²) < 4.78 is 0.947. The Balaban J connectivity index is -0.000000125. The fourth-order valence-electron chi connectivity index (χ4n) is 1.37. The Morgan fingerprint density at radius 1 is 1.10 bits per heavy atom. The largest absolute Gasteiger partial charge is 0.272 e. The zero-order valence-corrected chi connectivity index (χ0v) is 29.8. The molecule has 90 valence electrons. The summed E-state index contributed by atoms with van der Waals surface area (Å²) in [5, 5.41) is 5.60. The van der Waals surface area contributed by atoms with Gasteiger partial charge in [0.05, 0.1) is 12.1 Å². The molecule has 6 radical (unpaired) electrons. The van der Waals surface area contributed by atoms with E-state index in [1.807, 2.05) is 31.2 Å². The van der Waals surface area contributed by atoms with Crippen LogP contribution < -0.4 is 5.01 Å². The summed E-state index contributed by atoms with van der Waals surface area (Å²) in [5.41, 5.74) is 1.66. The van der Waals surface area contributed by atoms with Gasteiger partial charge in [-0.3, -0.25) is 4.79 Å². The van der Waals surface area contributed by atoms with Gasteiger partial charge in [0.1, 0.15) is 0 Å². The quantitative estimate of drug-likeness (QED) is 0.432. The molecule has 0 aromatic heterocycles. The topological polar surface area (TPSA) is 32.7 Å². The number of anilines is 1. The van der Waals surface area contributed by atoms with Gasteiger partial charge in [0.25, 0.3) is 5.91 Å². The molecule has 1 aromatic rings. The van der Waals surface area contributed by atoms with Crippen molar-refractivity contribution in [3.05, 3.63) is 28.7 Å². The number of carbonyl (C=O) groups is 1. The molecule has 0 spiro atoms. The Labute approximate surface area is 279 Å². The summed E-state index contributed by atoms with van der Waals surface area (Å²) in [5.74, 6) is 0.0283. The van der Waals surface area contributed by atoms with E-state index in [2.05, 4.69) is 21.0 Å². The predicted octanol–water partition coefficient (Wildman–Crippen LogP) is 2.55. The van der Waals surface area contributed by atoms with Gasteiger partial charge < -0.3 is 0 Å². The minimum atomic E-state index is 0. The van der Waals surface area contributed by atoms with E-state index in [0.717, 1.165) is 15.9 Å². The second-order valence-electron chi connectivity index (χ2n) is 3.20. The third-order valence-electron chi connectivity index (χ3n) is 1.97. The predicted molar refractivity (Wildman–Crippen MR) is 59.4 cm³/mol. The van der Waals surface area contributed by atoms with Gasteiger partial charge in [0.2, 0.25) is 0 Å². The van der Waals surface area contributed by atoms with Crippen LogP contribution in [-0.4, -0.2) is 11.6 Å². The van der Waals surface area contributed by atoms with Crippen LogP contribution in [-0.2, 0) is 201 Å². The Morgan fingerprint density at radius 3 is 2.05 bits per heavy atom. The smallest absolute Gasteiger partial charge is 0.253 e. The van der Waals surface area contributed by atoms with Gasteiger partial charge in [-0.1, -0.05) is 22.0 Å². The van der Waals surface area contributed by atoms with Gasteiger partial charge >= 0.3 is 0 Å². The molecule has 1 aromatic carbocycles. The number of amides is 1. The maximum Gasteiger partial charge on any atom is 0.253 e. The average Bonchev–Trinajstić information content (AvgIpc) is 2.45. The SMILES string of the molecule is CC1=NN(c2cccc(Br)c2)C(=O)C1.[Y].[Y].[Y].[Y].[Y].[Y]. The molecule has 0 N–H and O–H groups in total. The van der Waals surface area contributed by atoms with Crippen LogP contribution in [0.1, 0.15) is 13.3 Å². The van der Waals surface area contributed by atoms with Gasteiger partial charge in [-0.05, 0) is 25.1 Å². The molecule has 10 heteroatoms. The zero-order valence-electron chi connectivity index (χ0n) is 11.2. The van der Waals surface area contributed by atoms with Gasteiger partial charge in [0.15, 0.2) is 0 Å². The van der Waals surface area contributed by atoms with Crippen LogP contribution in [0.15, 0.2) is 33.8 Å². The molecule has 0 bridgehead atoms. The third-order valence-corrected chi connectivity index (χ3v) is 2.46. The van der Waals surface area contributed by atoms with E-state index in [-0.39, 0.29) is 202 Å². The van der Waals surface area contributed by atoms with Crippen molar-refractivity contribution in [3.63, 3.8) is 0 Å². The van der Waals surface area contributed by atoms with Crippen LogP contribution >= 0.6 is 15.9 Å². The fraction of sp³-hybridized carbons (Fsp3) is 0.200.